The van der Waals surface area contributed by atoms with E-state index in [9.17, 15) is 29.5 Å². The standard InChI is InChI=1S/C43H50FN3O10/c1-4-23-55-43-39(46(2)42(50)56-31-17-15-30(16-18-31)47(51)52)26-37(45-53-3)34-24-28(11-7-9-21-48)33(13-8-10-22-49)40(41(34)43)35-25-32(19-20-38(35)57-43)54-27-29-12-5-6-14-36(29)44/h4-6,12,14-20,24-25,28,33,39-41,48-49H,1,7-11,13,21-23,26-27H2,2-3H3/t28-,33+,39-,40+,41+,43+/m0/s1. The number of carbonyl (C=O) groups excluding carboxylic acids is 1. The van der Waals surface area contributed by atoms with E-state index in [1.807, 2.05) is 12.1 Å². The number of rotatable bonds is 18. The van der Waals surface area contributed by atoms with Crippen LogP contribution < -0.4 is 14.2 Å². The van der Waals surface area contributed by atoms with Crippen LogP contribution in [0.15, 0.2) is 96.2 Å². The Morgan fingerprint density at radius 3 is 2.47 bits per heavy atom. The first kappa shape index (κ1) is 41.3. The monoisotopic (exact) mass is 787 g/mol. The number of carbonyl (C=O) groups is 1. The molecule has 0 unspecified atom stereocenters. The molecule has 1 fully saturated rings. The first-order chi connectivity index (χ1) is 27.6. The van der Waals surface area contributed by atoms with Gasteiger partial charge in [-0.05, 0) is 79.5 Å². The number of nitro benzene ring substituents is 1. The smallest absolute Gasteiger partial charge is 0.415 e. The van der Waals surface area contributed by atoms with E-state index in [1.165, 1.54) is 42.3 Å². The minimum Gasteiger partial charge on any atom is -0.489 e. The average molecular weight is 788 g/mol. The van der Waals surface area contributed by atoms with Crippen molar-refractivity contribution in [2.24, 2.45) is 22.9 Å². The molecule has 0 spiro atoms. The number of oxime groups is 1. The van der Waals surface area contributed by atoms with Crippen molar-refractivity contribution in [2.45, 2.75) is 69.3 Å². The zero-order chi connectivity index (χ0) is 40.5. The van der Waals surface area contributed by atoms with Gasteiger partial charge in [0.1, 0.15) is 42.8 Å². The van der Waals surface area contributed by atoms with Crippen molar-refractivity contribution in [1.29, 1.82) is 0 Å². The predicted molar refractivity (Wildman–Crippen MR) is 210 cm³/mol. The molecule has 3 aromatic carbocycles. The summed E-state index contributed by atoms with van der Waals surface area (Å²) in [6, 6.07) is 16.4. The second kappa shape index (κ2) is 18.8. The molecule has 0 radical (unpaired) electrons. The van der Waals surface area contributed by atoms with Crippen LogP contribution in [0.25, 0.3) is 0 Å². The molecule has 304 valence electrons. The minimum absolute atomic E-state index is 0.00997. The van der Waals surface area contributed by atoms with Crippen LogP contribution in [0.3, 0.4) is 0 Å². The summed E-state index contributed by atoms with van der Waals surface area (Å²) < 4.78 is 40.5. The fourth-order valence-electron chi connectivity index (χ4n) is 8.64. The van der Waals surface area contributed by atoms with Crippen LogP contribution >= 0.6 is 0 Å². The van der Waals surface area contributed by atoms with Gasteiger partial charge >= 0.3 is 6.09 Å². The Hall–Kier alpha value is -5.31. The molecule has 1 aliphatic heterocycles. The van der Waals surface area contributed by atoms with Crippen LogP contribution in [-0.4, -0.2) is 77.6 Å². The number of ether oxygens (including phenoxy) is 4. The van der Waals surface area contributed by atoms with Gasteiger partial charge in [-0.25, -0.2) is 9.18 Å². The van der Waals surface area contributed by atoms with Crippen LogP contribution in [0.4, 0.5) is 14.9 Å². The maximum Gasteiger partial charge on any atom is 0.415 e. The lowest BCUT2D eigenvalue weighted by atomic mass is 9.55. The summed E-state index contributed by atoms with van der Waals surface area (Å²) in [4.78, 5) is 31.6. The van der Waals surface area contributed by atoms with E-state index < -0.39 is 28.8 Å². The zero-order valence-corrected chi connectivity index (χ0v) is 32.3. The Balaban J connectivity index is 1.49. The SMILES string of the molecule is C=CCO[C@@]12Oc3ccc(OCc4ccccc4F)cc3[C@H]3[C@H](CCCCO)[C@@H](CCCCO)C=C(C(=NOC)C[C@@H]1N(C)C(=O)Oc1ccc([N+](=O)[O-])cc1)[C@H]32. The first-order valence-electron chi connectivity index (χ1n) is 19.3. The maximum absolute atomic E-state index is 14.6. The summed E-state index contributed by atoms with van der Waals surface area (Å²) in [5, 5.41) is 35.4. The van der Waals surface area contributed by atoms with Crippen LogP contribution in [-0.2, 0) is 16.2 Å². The highest BCUT2D eigenvalue weighted by Gasteiger charge is 2.65. The fraction of sp³-hybridized carbons (Fsp3) is 0.442. The van der Waals surface area contributed by atoms with Gasteiger partial charge in [0.25, 0.3) is 5.69 Å². The van der Waals surface area contributed by atoms with Crippen molar-refractivity contribution in [1.82, 2.24) is 4.90 Å². The lowest BCUT2D eigenvalue weighted by molar-refractivity contribution is -0.384. The minimum atomic E-state index is -1.51. The van der Waals surface area contributed by atoms with E-state index in [1.54, 1.807) is 37.4 Å². The lowest BCUT2D eigenvalue weighted by Crippen LogP contribution is -2.69. The number of nitro groups is 1. The highest BCUT2D eigenvalue weighted by Crippen LogP contribution is 2.61. The second-order valence-corrected chi connectivity index (χ2v) is 14.6. The number of unbranched alkanes of at least 4 members (excludes halogenated alkanes) is 2. The van der Waals surface area contributed by atoms with E-state index in [-0.39, 0.29) is 67.9 Å². The van der Waals surface area contributed by atoms with Crippen molar-refractivity contribution >= 4 is 17.5 Å². The molecule has 2 N–H and O–H groups in total. The fourth-order valence-corrected chi connectivity index (χ4v) is 8.64. The molecular weight excluding hydrogens is 737 g/mol. The normalized spacial score (nSPS) is 24.0. The molecule has 6 rings (SSSR count). The van der Waals surface area contributed by atoms with Gasteiger partial charge in [0.15, 0.2) is 0 Å². The predicted octanol–water partition coefficient (Wildman–Crippen LogP) is 7.71. The van der Waals surface area contributed by atoms with E-state index in [0.717, 1.165) is 36.8 Å². The summed E-state index contributed by atoms with van der Waals surface area (Å²) in [5.41, 5.74) is 2.58. The molecule has 0 aromatic heterocycles. The number of hydrogen-bond acceptors (Lipinski definition) is 11. The van der Waals surface area contributed by atoms with Gasteiger partial charge in [0, 0.05) is 55.9 Å². The largest absolute Gasteiger partial charge is 0.489 e. The summed E-state index contributed by atoms with van der Waals surface area (Å²) in [5.74, 6) is -1.55. The third-order valence-electron chi connectivity index (χ3n) is 11.2. The molecule has 1 heterocycles. The third kappa shape index (κ3) is 8.83. The van der Waals surface area contributed by atoms with Gasteiger partial charge in [-0.15, -0.1) is 6.58 Å². The molecular formula is C43H50FN3O10. The number of likely N-dealkylation sites (N-methyl/N-ethyl adjacent to an activating group) is 1. The third-order valence-corrected chi connectivity index (χ3v) is 11.2. The average Bonchev–Trinajstić information content (AvgIpc) is 3.21. The topological polar surface area (TPSA) is 162 Å². The molecule has 0 saturated heterocycles. The second-order valence-electron chi connectivity index (χ2n) is 14.6. The molecule has 3 aromatic rings. The number of benzene rings is 3. The quantitative estimate of drug-likeness (QED) is 0.0565. The summed E-state index contributed by atoms with van der Waals surface area (Å²) in [7, 11) is 3.05. The first-order valence-corrected chi connectivity index (χ1v) is 19.3. The molecule has 6 atom stereocenters. The van der Waals surface area contributed by atoms with Crippen LogP contribution in [0, 0.1) is 33.7 Å². The van der Waals surface area contributed by atoms with Crippen molar-refractivity contribution in [3.05, 3.63) is 118 Å². The number of hydrogen-bond donors (Lipinski definition) is 2. The zero-order valence-electron chi connectivity index (χ0n) is 32.3. The van der Waals surface area contributed by atoms with Crippen molar-refractivity contribution in [3.63, 3.8) is 0 Å². The van der Waals surface area contributed by atoms with E-state index in [0.29, 0.717) is 35.6 Å². The number of allylic oxidation sites excluding steroid dienone is 1. The highest BCUT2D eigenvalue weighted by molar-refractivity contribution is 6.03. The van der Waals surface area contributed by atoms with E-state index >= 15 is 0 Å². The number of aliphatic hydroxyl groups excluding tert-OH is 2. The van der Waals surface area contributed by atoms with Crippen LogP contribution in [0.1, 0.15) is 62.0 Å². The number of amides is 1. The Kier molecular flexibility index (Phi) is 13.6. The molecule has 2 aliphatic carbocycles. The Labute approximate surface area is 331 Å². The Morgan fingerprint density at radius 2 is 1.79 bits per heavy atom. The summed E-state index contributed by atoms with van der Waals surface area (Å²) >= 11 is 0. The number of non-ortho nitro benzene ring substituents is 1. The van der Waals surface area contributed by atoms with Gasteiger partial charge in [-0.3, -0.25) is 10.1 Å². The maximum atomic E-state index is 14.6. The van der Waals surface area contributed by atoms with Crippen molar-refractivity contribution < 1.29 is 48.1 Å². The summed E-state index contributed by atoms with van der Waals surface area (Å²) in [6.07, 6.45) is 7.55. The highest BCUT2D eigenvalue weighted by atomic mass is 19.1. The Bertz CT molecular complexity index is 1960. The summed E-state index contributed by atoms with van der Waals surface area (Å²) in [6.45, 7) is 4.13. The van der Waals surface area contributed by atoms with Gasteiger partial charge < -0.3 is 38.9 Å². The van der Waals surface area contributed by atoms with E-state index in [2.05, 4.69) is 17.8 Å². The van der Waals surface area contributed by atoms with Crippen molar-refractivity contribution in [2.75, 3.05) is 34.0 Å². The molecule has 3 aliphatic rings. The van der Waals surface area contributed by atoms with Gasteiger partial charge in [-0.1, -0.05) is 48.3 Å². The molecule has 0 bridgehead atoms. The lowest BCUT2D eigenvalue weighted by Gasteiger charge is -2.59. The molecule has 1 amide bonds. The number of nitrogens with zero attached hydrogens (tertiary/aromatic N) is 3. The number of halogens is 1. The van der Waals surface area contributed by atoms with Gasteiger partial charge in [0.05, 0.1) is 23.2 Å². The van der Waals surface area contributed by atoms with Crippen LogP contribution in [0.2, 0.25) is 0 Å². The van der Waals surface area contributed by atoms with E-state index in [4.69, 9.17) is 23.8 Å². The van der Waals surface area contributed by atoms with Crippen molar-refractivity contribution in [3.8, 4) is 17.2 Å². The molecule has 1 saturated carbocycles. The van der Waals surface area contributed by atoms with Crippen LogP contribution in [0.5, 0.6) is 17.2 Å². The van der Waals surface area contributed by atoms with Gasteiger partial charge in [-0.2, -0.15) is 0 Å². The molecule has 14 heteroatoms. The van der Waals surface area contributed by atoms with Gasteiger partial charge in [0.2, 0.25) is 5.79 Å². The number of aliphatic hydroxyl groups is 2. The molecule has 57 heavy (non-hydrogen) atoms. The molecule has 13 nitrogen and oxygen atoms in total. The number of fused-ring (bicyclic) bond motifs is 2. The Morgan fingerprint density at radius 1 is 1.07 bits per heavy atom.